The summed E-state index contributed by atoms with van der Waals surface area (Å²) < 4.78 is 10.9. The van der Waals surface area contributed by atoms with E-state index in [9.17, 15) is 9.59 Å². The molecule has 0 aliphatic carbocycles. The number of carbonyl (C=O) groups is 2. The molecule has 0 bridgehead atoms. The van der Waals surface area contributed by atoms with Crippen molar-refractivity contribution in [2.75, 3.05) is 6.61 Å². The lowest BCUT2D eigenvalue weighted by Gasteiger charge is -2.23. The van der Waals surface area contributed by atoms with Crippen LogP contribution >= 0.6 is 0 Å². The highest BCUT2D eigenvalue weighted by molar-refractivity contribution is 5.91. The molecule has 2 aromatic carbocycles. The van der Waals surface area contributed by atoms with E-state index in [-0.39, 0.29) is 17.8 Å². The third kappa shape index (κ3) is 4.51. The van der Waals surface area contributed by atoms with Crippen molar-refractivity contribution < 1.29 is 19.1 Å². The SMILES string of the molecule is CCOC(=O)C(C)C(C)c1cc(C)cc(C)c1OC(=O)c1ccccc1. The highest BCUT2D eigenvalue weighted by Crippen LogP contribution is 2.36. The smallest absolute Gasteiger partial charge is 0.343 e. The van der Waals surface area contributed by atoms with Crippen LogP contribution in [0.1, 0.15) is 53.7 Å². The summed E-state index contributed by atoms with van der Waals surface area (Å²) in [6.07, 6.45) is 0. The molecule has 0 aliphatic rings. The van der Waals surface area contributed by atoms with E-state index in [0.29, 0.717) is 17.9 Å². The van der Waals surface area contributed by atoms with Gasteiger partial charge in [-0.05, 0) is 49.9 Å². The van der Waals surface area contributed by atoms with Crippen LogP contribution in [0.5, 0.6) is 5.75 Å². The largest absolute Gasteiger partial charge is 0.466 e. The molecule has 2 unspecified atom stereocenters. The summed E-state index contributed by atoms with van der Waals surface area (Å²) in [5.74, 6) is -0.626. The molecule has 0 saturated heterocycles. The van der Waals surface area contributed by atoms with Gasteiger partial charge in [-0.25, -0.2) is 4.79 Å². The first-order valence-electron chi connectivity index (χ1n) is 8.90. The molecule has 2 rings (SSSR count). The molecule has 0 amide bonds. The average Bonchev–Trinajstić information content (AvgIpc) is 2.63. The molecule has 0 aromatic heterocycles. The number of benzene rings is 2. The molecular weight excluding hydrogens is 328 g/mol. The number of hydrogen-bond donors (Lipinski definition) is 0. The molecule has 0 N–H and O–H groups in total. The lowest BCUT2D eigenvalue weighted by molar-refractivity contribution is -0.148. The van der Waals surface area contributed by atoms with Gasteiger partial charge in [0.2, 0.25) is 0 Å². The van der Waals surface area contributed by atoms with E-state index in [2.05, 4.69) is 0 Å². The zero-order valence-corrected chi connectivity index (χ0v) is 16.0. The molecule has 0 saturated carbocycles. The average molecular weight is 354 g/mol. The summed E-state index contributed by atoms with van der Waals surface area (Å²) in [5.41, 5.74) is 3.25. The van der Waals surface area contributed by atoms with E-state index in [1.807, 2.05) is 45.9 Å². The van der Waals surface area contributed by atoms with Crippen molar-refractivity contribution in [2.45, 2.75) is 40.5 Å². The van der Waals surface area contributed by atoms with Crippen LogP contribution in [0.25, 0.3) is 0 Å². The quantitative estimate of drug-likeness (QED) is 0.551. The summed E-state index contributed by atoms with van der Waals surface area (Å²) in [6.45, 7) is 9.82. The third-order valence-electron chi connectivity index (χ3n) is 4.55. The van der Waals surface area contributed by atoms with Gasteiger partial charge >= 0.3 is 11.9 Å². The predicted molar refractivity (Wildman–Crippen MR) is 102 cm³/mol. The van der Waals surface area contributed by atoms with Crippen molar-refractivity contribution in [3.05, 3.63) is 64.7 Å². The van der Waals surface area contributed by atoms with Crippen molar-refractivity contribution in [1.29, 1.82) is 0 Å². The number of rotatable bonds is 6. The minimum atomic E-state index is -0.408. The lowest BCUT2D eigenvalue weighted by Crippen LogP contribution is -2.21. The van der Waals surface area contributed by atoms with E-state index >= 15 is 0 Å². The van der Waals surface area contributed by atoms with Gasteiger partial charge in [-0.2, -0.15) is 0 Å². The highest BCUT2D eigenvalue weighted by Gasteiger charge is 2.27. The van der Waals surface area contributed by atoms with E-state index in [4.69, 9.17) is 9.47 Å². The zero-order valence-electron chi connectivity index (χ0n) is 16.0. The Morgan fingerprint density at radius 1 is 1.04 bits per heavy atom. The van der Waals surface area contributed by atoms with Crippen LogP contribution in [0.15, 0.2) is 42.5 Å². The molecular formula is C22H26O4. The zero-order chi connectivity index (χ0) is 19.3. The van der Waals surface area contributed by atoms with E-state index in [0.717, 1.165) is 16.7 Å². The fourth-order valence-electron chi connectivity index (χ4n) is 2.94. The summed E-state index contributed by atoms with van der Waals surface area (Å²) in [4.78, 5) is 24.7. The van der Waals surface area contributed by atoms with Gasteiger partial charge < -0.3 is 9.47 Å². The monoisotopic (exact) mass is 354 g/mol. The van der Waals surface area contributed by atoms with Gasteiger partial charge in [0, 0.05) is 0 Å². The summed E-state index contributed by atoms with van der Waals surface area (Å²) in [5, 5.41) is 0. The van der Waals surface area contributed by atoms with Crippen LogP contribution in [0.3, 0.4) is 0 Å². The molecule has 0 aliphatic heterocycles. The molecule has 4 nitrogen and oxygen atoms in total. The van der Waals surface area contributed by atoms with E-state index < -0.39 is 5.97 Å². The van der Waals surface area contributed by atoms with Crippen LogP contribution < -0.4 is 4.74 Å². The number of esters is 2. The van der Waals surface area contributed by atoms with Crippen LogP contribution in [0.2, 0.25) is 0 Å². The van der Waals surface area contributed by atoms with Crippen LogP contribution in [0, 0.1) is 19.8 Å². The Morgan fingerprint density at radius 3 is 2.31 bits per heavy atom. The Kier molecular flexibility index (Phi) is 6.56. The first kappa shape index (κ1) is 19.7. The number of ether oxygens (including phenoxy) is 2. The van der Waals surface area contributed by atoms with Gasteiger partial charge in [0.05, 0.1) is 18.1 Å². The summed E-state index contributed by atoms with van der Waals surface area (Å²) in [6, 6.07) is 12.8. The number of hydrogen-bond acceptors (Lipinski definition) is 4. The first-order valence-corrected chi connectivity index (χ1v) is 8.90. The standard InChI is InChI=1S/C22H26O4/c1-6-25-21(23)17(5)16(4)19-13-14(2)12-15(3)20(19)26-22(24)18-10-8-7-9-11-18/h7-13,16-17H,6H2,1-5H3. The molecule has 0 radical (unpaired) electrons. The maximum Gasteiger partial charge on any atom is 0.343 e. The van der Waals surface area contributed by atoms with Crippen LogP contribution in [-0.2, 0) is 9.53 Å². The Hall–Kier alpha value is -2.62. The second-order valence-electron chi connectivity index (χ2n) is 6.59. The Labute approximate surface area is 155 Å². The van der Waals surface area contributed by atoms with Crippen LogP contribution in [0.4, 0.5) is 0 Å². The lowest BCUT2D eigenvalue weighted by atomic mass is 9.86. The second kappa shape index (κ2) is 8.65. The first-order chi connectivity index (χ1) is 12.3. The topological polar surface area (TPSA) is 52.6 Å². The third-order valence-corrected chi connectivity index (χ3v) is 4.55. The van der Waals surface area contributed by atoms with E-state index in [1.165, 1.54) is 0 Å². The summed E-state index contributed by atoms with van der Waals surface area (Å²) in [7, 11) is 0. The molecule has 4 heteroatoms. The molecule has 0 fully saturated rings. The highest BCUT2D eigenvalue weighted by atomic mass is 16.5. The maximum absolute atomic E-state index is 12.5. The predicted octanol–water partition coefficient (Wildman–Crippen LogP) is 4.83. The normalized spacial score (nSPS) is 13.0. The van der Waals surface area contributed by atoms with Gasteiger partial charge in [-0.1, -0.05) is 49.7 Å². The fraction of sp³-hybridized carbons (Fsp3) is 0.364. The molecule has 138 valence electrons. The van der Waals surface area contributed by atoms with Gasteiger partial charge in [0.1, 0.15) is 5.75 Å². The molecule has 0 heterocycles. The molecule has 0 spiro atoms. The van der Waals surface area contributed by atoms with Crippen molar-refractivity contribution in [1.82, 2.24) is 0 Å². The maximum atomic E-state index is 12.5. The minimum absolute atomic E-state index is 0.147. The fourth-order valence-corrected chi connectivity index (χ4v) is 2.94. The molecule has 26 heavy (non-hydrogen) atoms. The minimum Gasteiger partial charge on any atom is -0.466 e. The van der Waals surface area contributed by atoms with Crippen molar-refractivity contribution in [2.24, 2.45) is 5.92 Å². The number of aryl methyl sites for hydroxylation is 2. The van der Waals surface area contributed by atoms with Crippen LogP contribution in [-0.4, -0.2) is 18.5 Å². The molecule has 2 atom stereocenters. The number of carbonyl (C=O) groups excluding carboxylic acids is 2. The van der Waals surface area contributed by atoms with Gasteiger partial charge in [-0.3, -0.25) is 4.79 Å². The van der Waals surface area contributed by atoms with Gasteiger partial charge in [0.15, 0.2) is 0 Å². The van der Waals surface area contributed by atoms with Gasteiger partial charge in [0.25, 0.3) is 0 Å². The Balaban J connectivity index is 2.37. The summed E-state index contributed by atoms with van der Waals surface area (Å²) >= 11 is 0. The second-order valence-corrected chi connectivity index (χ2v) is 6.59. The van der Waals surface area contributed by atoms with Crippen molar-refractivity contribution >= 4 is 11.9 Å². The Bertz CT molecular complexity index is 780. The van der Waals surface area contributed by atoms with Crippen molar-refractivity contribution in [3.8, 4) is 5.75 Å². The van der Waals surface area contributed by atoms with E-state index in [1.54, 1.807) is 31.2 Å². The van der Waals surface area contributed by atoms with Gasteiger partial charge in [-0.15, -0.1) is 0 Å². The Morgan fingerprint density at radius 2 is 1.69 bits per heavy atom. The molecule has 2 aromatic rings. The van der Waals surface area contributed by atoms with Crippen molar-refractivity contribution in [3.63, 3.8) is 0 Å².